The number of aromatic nitrogens is 1. The fourth-order valence-corrected chi connectivity index (χ4v) is 3.13. The van der Waals surface area contributed by atoms with Gasteiger partial charge in [0.05, 0.1) is 23.0 Å². The second kappa shape index (κ2) is 9.00. The number of hydrogen-bond acceptors (Lipinski definition) is 5. The maximum atomic E-state index is 12.9. The summed E-state index contributed by atoms with van der Waals surface area (Å²) in [6.45, 7) is 1.34. The Morgan fingerprint density at radius 1 is 0.935 bits per heavy atom. The van der Waals surface area contributed by atoms with Gasteiger partial charge in [-0.15, -0.1) is 0 Å². The molecule has 0 aliphatic heterocycles. The third-order valence-electron chi connectivity index (χ3n) is 4.55. The highest BCUT2D eigenvalue weighted by atomic mass is 16.5. The summed E-state index contributed by atoms with van der Waals surface area (Å²) in [5.74, 6) is -0.262. The van der Waals surface area contributed by atoms with Gasteiger partial charge in [0.2, 0.25) is 0 Å². The number of hydrogen-bond donors (Lipinski definition) is 1. The Bertz CT molecular complexity index is 1270. The van der Waals surface area contributed by atoms with Crippen LogP contribution in [0.15, 0.2) is 90.0 Å². The van der Waals surface area contributed by atoms with Gasteiger partial charge in [-0.3, -0.25) is 9.59 Å². The SMILES string of the molecule is CC(=O)Oc1ccc(/C=N\NC(=O)c2cc(-c3ccccc3)nc3ccccc23)cc1. The number of carbonyl (C=O) groups is 2. The van der Waals surface area contributed by atoms with Gasteiger partial charge in [0.1, 0.15) is 5.75 Å². The molecule has 1 heterocycles. The molecule has 0 spiro atoms. The summed E-state index contributed by atoms with van der Waals surface area (Å²) in [4.78, 5) is 28.6. The van der Waals surface area contributed by atoms with Gasteiger partial charge in [-0.25, -0.2) is 10.4 Å². The molecule has 0 bridgehead atoms. The Morgan fingerprint density at radius 2 is 1.65 bits per heavy atom. The topological polar surface area (TPSA) is 80.6 Å². The monoisotopic (exact) mass is 409 g/mol. The summed E-state index contributed by atoms with van der Waals surface area (Å²) in [5, 5.41) is 4.82. The summed E-state index contributed by atoms with van der Waals surface area (Å²) in [5.41, 5.74) is 6.21. The van der Waals surface area contributed by atoms with Crippen molar-refractivity contribution < 1.29 is 14.3 Å². The number of amides is 1. The van der Waals surface area contributed by atoms with E-state index in [-0.39, 0.29) is 11.9 Å². The average molecular weight is 409 g/mol. The summed E-state index contributed by atoms with van der Waals surface area (Å²) >= 11 is 0. The van der Waals surface area contributed by atoms with Crippen LogP contribution in [0.25, 0.3) is 22.2 Å². The van der Waals surface area contributed by atoms with Crippen molar-refractivity contribution >= 4 is 29.0 Å². The van der Waals surface area contributed by atoms with Crippen LogP contribution in [0.4, 0.5) is 0 Å². The molecule has 1 amide bonds. The van der Waals surface area contributed by atoms with E-state index in [1.165, 1.54) is 13.1 Å². The van der Waals surface area contributed by atoms with E-state index in [0.29, 0.717) is 11.3 Å². The van der Waals surface area contributed by atoms with E-state index in [1.54, 1.807) is 30.3 Å². The van der Waals surface area contributed by atoms with E-state index in [2.05, 4.69) is 10.5 Å². The number of carbonyl (C=O) groups excluding carboxylic acids is 2. The molecule has 6 nitrogen and oxygen atoms in total. The van der Waals surface area contributed by atoms with Gasteiger partial charge in [-0.1, -0.05) is 48.5 Å². The van der Waals surface area contributed by atoms with Crippen molar-refractivity contribution in [1.82, 2.24) is 10.4 Å². The molecule has 0 unspecified atom stereocenters. The molecule has 31 heavy (non-hydrogen) atoms. The molecule has 152 valence electrons. The molecular formula is C25H19N3O3. The molecule has 1 N–H and O–H groups in total. The first-order chi connectivity index (χ1) is 15.1. The maximum Gasteiger partial charge on any atom is 0.308 e. The fourth-order valence-electron chi connectivity index (χ4n) is 3.13. The van der Waals surface area contributed by atoms with Crippen LogP contribution in [0.5, 0.6) is 5.75 Å². The Balaban J connectivity index is 1.57. The fraction of sp³-hybridized carbons (Fsp3) is 0.0400. The van der Waals surface area contributed by atoms with Gasteiger partial charge in [-0.05, 0) is 42.0 Å². The number of nitrogens with one attached hydrogen (secondary N) is 1. The van der Waals surface area contributed by atoms with Crippen molar-refractivity contribution in [2.45, 2.75) is 6.92 Å². The molecule has 0 radical (unpaired) electrons. The maximum absolute atomic E-state index is 12.9. The number of ether oxygens (including phenoxy) is 1. The molecule has 0 atom stereocenters. The van der Waals surface area contributed by atoms with Crippen LogP contribution in [0.3, 0.4) is 0 Å². The number of nitrogens with zero attached hydrogens (tertiary/aromatic N) is 2. The van der Waals surface area contributed by atoms with E-state index in [1.807, 2.05) is 54.6 Å². The van der Waals surface area contributed by atoms with Crippen LogP contribution >= 0.6 is 0 Å². The van der Waals surface area contributed by atoms with Crippen LogP contribution in [0.2, 0.25) is 0 Å². The zero-order valence-corrected chi connectivity index (χ0v) is 16.8. The van der Waals surface area contributed by atoms with Crippen molar-refractivity contribution in [2.24, 2.45) is 5.10 Å². The van der Waals surface area contributed by atoms with E-state index in [4.69, 9.17) is 9.72 Å². The van der Waals surface area contributed by atoms with Crippen molar-refractivity contribution in [3.63, 3.8) is 0 Å². The Hall–Kier alpha value is -4.32. The molecule has 1 aromatic heterocycles. The van der Waals surface area contributed by atoms with Gasteiger partial charge in [0.15, 0.2) is 0 Å². The third-order valence-corrected chi connectivity index (χ3v) is 4.55. The molecule has 0 saturated heterocycles. The highest BCUT2D eigenvalue weighted by Crippen LogP contribution is 2.24. The van der Waals surface area contributed by atoms with E-state index in [9.17, 15) is 9.59 Å². The van der Waals surface area contributed by atoms with Gasteiger partial charge in [0.25, 0.3) is 5.91 Å². The lowest BCUT2D eigenvalue weighted by atomic mass is 10.0. The summed E-state index contributed by atoms with van der Waals surface area (Å²) in [7, 11) is 0. The van der Waals surface area contributed by atoms with Gasteiger partial charge >= 0.3 is 5.97 Å². The molecule has 4 aromatic rings. The smallest absolute Gasteiger partial charge is 0.308 e. The lowest BCUT2D eigenvalue weighted by molar-refractivity contribution is -0.131. The predicted molar refractivity (Wildman–Crippen MR) is 120 cm³/mol. The van der Waals surface area contributed by atoms with Gasteiger partial charge in [0, 0.05) is 17.9 Å². The van der Waals surface area contributed by atoms with Crippen molar-refractivity contribution in [2.75, 3.05) is 0 Å². The highest BCUT2D eigenvalue weighted by molar-refractivity contribution is 6.07. The van der Waals surface area contributed by atoms with Crippen molar-refractivity contribution in [3.8, 4) is 17.0 Å². The minimum absolute atomic E-state index is 0.330. The number of para-hydroxylation sites is 1. The van der Waals surface area contributed by atoms with E-state index >= 15 is 0 Å². The number of benzene rings is 3. The van der Waals surface area contributed by atoms with Crippen LogP contribution in [0.1, 0.15) is 22.8 Å². The van der Waals surface area contributed by atoms with Crippen LogP contribution in [-0.4, -0.2) is 23.1 Å². The normalized spacial score (nSPS) is 10.9. The zero-order valence-electron chi connectivity index (χ0n) is 16.8. The first-order valence-electron chi connectivity index (χ1n) is 9.67. The molecular weight excluding hydrogens is 390 g/mol. The zero-order chi connectivity index (χ0) is 21.6. The number of esters is 1. The van der Waals surface area contributed by atoms with Crippen LogP contribution in [-0.2, 0) is 4.79 Å². The standard InChI is InChI=1S/C25H19N3O3/c1-17(29)31-20-13-11-18(12-14-20)16-26-28-25(30)22-15-24(19-7-3-2-4-8-19)27-23-10-6-5-9-21(22)23/h2-16H,1H3,(H,28,30)/b26-16-. The van der Waals surface area contributed by atoms with Gasteiger partial charge in [-0.2, -0.15) is 5.10 Å². The molecule has 3 aromatic carbocycles. The quantitative estimate of drug-likeness (QED) is 0.226. The van der Waals surface area contributed by atoms with Gasteiger partial charge < -0.3 is 4.74 Å². The first-order valence-corrected chi connectivity index (χ1v) is 9.67. The number of fused-ring (bicyclic) bond motifs is 1. The van der Waals surface area contributed by atoms with Crippen molar-refractivity contribution in [1.29, 1.82) is 0 Å². The Morgan fingerprint density at radius 3 is 2.39 bits per heavy atom. The Kier molecular flexibility index (Phi) is 5.80. The number of rotatable bonds is 5. The first kappa shape index (κ1) is 20.0. The molecule has 0 saturated carbocycles. The second-order valence-electron chi connectivity index (χ2n) is 6.80. The second-order valence-corrected chi connectivity index (χ2v) is 6.80. The Labute approximate surface area is 179 Å². The largest absolute Gasteiger partial charge is 0.427 e. The molecule has 0 aliphatic rings. The summed E-state index contributed by atoms with van der Waals surface area (Å²) < 4.78 is 5.00. The van der Waals surface area contributed by atoms with E-state index < -0.39 is 0 Å². The minimum Gasteiger partial charge on any atom is -0.427 e. The molecule has 0 fully saturated rings. The summed E-state index contributed by atoms with van der Waals surface area (Å²) in [6, 6.07) is 25.8. The van der Waals surface area contributed by atoms with Crippen LogP contribution < -0.4 is 10.2 Å². The van der Waals surface area contributed by atoms with Crippen molar-refractivity contribution in [3.05, 3.63) is 96.1 Å². The predicted octanol–water partition coefficient (Wildman–Crippen LogP) is 4.59. The lowest BCUT2D eigenvalue weighted by Gasteiger charge is -2.09. The average Bonchev–Trinajstić information content (AvgIpc) is 2.79. The lowest BCUT2D eigenvalue weighted by Crippen LogP contribution is -2.18. The third kappa shape index (κ3) is 4.82. The number of hydrazone groups is 1. The molecule has 0 aliphatic carbocycles. The van der Waals surface area contributed by atoms with Crippen LogP contribution in [0, 0.1) is 0 Å². The minimum atomic E-state index is -0.381. The molecule has 6 heteroatoms. The van der Waals surface area contributed by atoms with E-state index in [0.717, 1.165) is 27.7 Å². The summed E-state index contributed by atoms with van der Waals surface area (Å²) in [6.07, 6.45) is 1.52. The highest BCUT2D eigenvalue weighted by Gasteiger charge is 2.13. The molecule has 4 rings (SSSR count). The number of pyridine rings is 1.